The number of nitrogens with one attached hydrogen (secondary N) is 1. The van der Waals surface area contributed by atoms with Crippen LogP contribution >= 0.6 is 11.3 Å². The Balaban J connectivity index is 1.44. The second-order valence-corrected chi connectivity index (χ2v) is 5.77. The lowest BCUT2D eigenvalue weighted by molar-refractivity contribution is 0.0951. The normalized spacial score (nSPS) is 10.5. The van der Waals surface area contributed by atoms with E-state index in [0.717, 1.165) is 17.6 Å². The van der Waals surface area contributed by atoms with Crippen LogP contribution in [0.25, 0.3) is 10.1 Å². The zero-order valence-electron chi connectivity index (χ0n) is 12.0. The first-order valence-electron chi connectivity index (χ1n) is 7.11. The van der Waals surface area contributed by atoms with E-state index in [0.29, 0.717) is 18.7 Å². The lowest BCUT2D eigenvalue weighted by atomic mass is 10.1. The minimum absolute atomic E-state index is 0.0468. The van der Waals surface area contributed by atoms with E-state index in [4.69, 9.17) is 4.74 Å². The first kappa shape index (κ1) is 14.5. The number of ether oxygens (including phenoxy) is 1. The van der Waals surface area contributed by atoms with Crippen molar-refractivity contribution in [2.75, 3.05) is 13.2 Å². The molecule has 2 heterocycles. The number of amides is 1. The van der Waals surface area contributed by atoms with E-state index in [1.165, 1.54) is 4.70 Å². The van der Waals surface area contributed by atoms with Crippen LogP contribution in [0.3, 0.4) is 0 Å². The van der Waals surface area contributed by atoms with Crippen LogP contribution in [0.1, 0.15) is 16.8 Å². The van der Waals surface area contributed by atoms with Crippen molar-refractivity contribution in [3.05, 3.63) is 59.7 Å². The SMILES string of the molecule is O=C(NCCCOc1cccnc1)c1ccc2sccc2c1. The average Bonchev–Trinajstić information content (AvgIpc) is 3.03. The summed E-state index contributed by atoms with van der Waals surface area (Å²) >= 11 is 1.68. The summed E-state index contributed by atoms with van der Waals surface area (Å²) in [7, 11) is 0. The average molecular weight is 312 g/mol. The number of aromatic nitrogens is 1. The molecular formula is C17H16N2O2S. The third-order valence-corrected chi connectivity index (χ3v) is 4.12. The number of fused-ring (bicyclic) bond motifs is 1. The Kier molecular flexibility index (Phi) is 4.65. The van der Waals surface area contributed by atoms with Gasteiger partial charge in [-0.25, -0.2) is 0 Å². The molecule has 0 atom stereocenters. The second-order valence-electron chi connectivity index (χ2n) is 4.82. The second kappa shape index (κ2) is 7.04. The summed E-state index contributed by atoms with van der Waals surface area (Å²) in [5.74, 6) is 0.700. The summed E-state index contributed by atoms with van der Waals surface area (Å²) in [5, 5.41) is 6.05. The molecule has 3 rings (SSSR count). The molecule has 4 nitrogen and oxygen atoms in total. The van der Waals surface area contributed by atoms with E-state index in [2.05, 4.69) is 10.3 Å². The monoisotopic (exact) mass is 312 g/mol. The lowest BCUT2D eigenvalue weighted by Crippen LogP contribution is -2.25. The number of nitrogens with zero attached hydrogens (tertiary/aromatic N) is 1. The summed E-state index contributed by atoms with van der Waals surface area (Å²) in [5.41, 5.74) is 0.694. The molecule has 0 aliphatic rings. The van der Waals surface area contributed by atoms with Crippen molar-refractivity contribution >= 4 is 27.3 Å². The van der Waals surface area contributed by atoms with Gasteiger partial charge in [-0.15, -0.1) is 11.3 Å². The van der Waals surface area contributed by atoms with Crippen molar-refractivity contribution in [1.82, 2.24) is 10.3 Å². The zero-order chi connectivity index (χ0) is 15.2. The van der Waals surface area contributed by atoms with Gasteiger partial charge in [0.1, 0.15) is 5.75 Å². The van der Waals surface area contributed by atoms with Crippen LogP contribution in [0, 0.1) is 0 Å². The largest absolute Gasteiger partial charge is 0.492 e. The minimum Gasteiger partial charge on any atom is -0.492 e. The predicted octanol–water partition coefficient (Wildman–Crippen LogP) is 3.50. The van der Waals surface area contributed by atoms with Crippen molar-refractivity contribution < 1.29 is 9.53 Å². The van der Waals surface area contributed by atoms with Crippen LogP contribution in [0.15, 0.2) is 54.2 Å². The van der Waals surface area contributed by atoms with Gasteiger partial charge in [-0.05, 0) is 53.6 Å². The Hall–Kier alpha value is -2.40. The fraction of sp³-hybridized carbons (Fsp3) is 0.176. The fourth-order valence-electron chi connectivity index (χ4n) is 2.11. The highest BCUT2D eigenvalue weighted by molar-refractivity contribution is 7.17. The highest BCUT2D eigenvalue weighted by Crippen LogP contribution is 2.21. The molecule has 1 aromatic carbocycles. The molecule has 0 saturated heterocycles. The lowest BCUT2D eigenvalue weighted by Gasteiger charge is -2.07. The molecule has 0 aliphatic heterocycles. The molecule has 0 aliphatic carbocycles. The maximum absolute atomic E-state index is 12.1. The van der Waals surface area contributed by atoms with Crippen LogP contribution in [0.2, 0.25) is 0 Å². The van der Waals surface area contributed by atoms with E-state index in [1.807, 2.05) is 41.8 Å². The van der Waals surface area contributed by atoms with Crippen LogP contribution in [0.5, 0.6) is 5.75 Å². The van der Waals surface area contributed by atoms with Gasteiger partial charge in [-0.2, -0.15) is 0 Å². The maximum atomic E-state index is 12.1. The molecule has 0 bridgehead atoms. The third-order valence-electron chi connectivity index (χ3n) is 3.22. The van der Waals surface area contributed by atoms with Crippen LogP contribution in [-0.4, -0.2) is 24.0 Å². The minimum atomic E-state index is -0.0468. The van der Waals surface area contributed by atoms with E-state index >= 15 is 0 Å². The van der Waals surface area contributed by atoms with Gasteiger partial charge in [0.25, 0.3) is 5.91 Å². The molecular weight excluding hydrogens is 296 g/mol. The molecule has 112 valence electrons. The number of carbonyl (C=O) groups excluding carboxylic acids is 1. The van der Waals surface area contributed by atoms with Gasteiger partial charge < -0.3 is 10.1 Å². The molecule has 0 fully saturated rings. The molecule has 5 heteroatoms. The third kappa shape index (κ3) is 3.62. The van der Waals surface area contributed by atoms with Crippen molar-refractivity contribution in [2.24, 2.45) is 0 Å². The van der Waals surface area contributed by atoms with Gasteiger partial charge in [0, 0.05) is 23.0 Å². The molecule has 0 radical (unpaired) electrons. The van der Waals surface area contributed by atoms with E-state index < -0.39 is 0 Å². The summed E-state index contributed by atoms with van der Waals surface area (Å²) in [6.45, 7) is 1.14. The van der Waals surface area contributed by atoms with Crippen LogP contribution in [-0.2, 0) is 0 Å². The van der Waals surface area contributed by atoms with Gasteiger partial charge >= 0.3 is 0 Å². The predicted molar refractivity (Wildman–Crippen MR) is 88.5 cm³/mol. The van der Waals surface area contributed by atoms with E-state index in [-0.39, 0.29) is 5.91 Å². The standard InChI is InChI=1S/C17H16N2O2S/c20-17(14-4-5-16-13(11-14)6-10-22-16)19-8-2-9-21-15-3-1-7-18-12-15/h1,3-7,10-12H,2,8-9H2,(H,19,20). The Morgan fingerprint density at radius 2 is 2.23 bits per heavy atom. The topological polar surface area (TPSA) is 51.2 Å². The quantitative estimate of drug-likeness (QED) is 0.709. The first-order valence-corrected chi connectivity index (χ1v) is 7.99. The molecule has 0 saturated carbocycles. The van der Waals surface area contributed by atoms with Gasteiger partial charge in [0.05, 0.1) is 12.8 Å². The van der Waals surface area contributed by atoms with Crippen molar-refractivity contribution in [3.63, 3.8) is 0 Å². The molecule has 0 spiro atoms. The van der Waals surface area contributed by atoms with E-state index in [9.17, 15) is 4.79 Å². The number of hydrogen-bond acceptors (Lipinski definition) is 4. The summed E-state index contributed by atoms with van der Waals surface area (Å²) in [4.78, 5) is 16.1. The van der Waals surface area contributed by atoms with Gasteiger partial charge in [0.2, 0.25) is 0 Å². The number of carbonyl (C=O) groups is 1. The Bertz CT molecular complexity index is 755. The fourth-order valence-corrected chi connectivity index (χ4v) is 2.88. The molecule has 0 unspecified atom stereocenters. The van der Waals surface area contributed by atoms with Crippen LogP contribution < -0.4 is 10.1 Å². The van der Waals surface area contributed by atoms with Crippen molar-refractivity contribution in [2.45, 2.75) is 6.42 Å². The molecule has 2 aromatic heterocycles. The number of thiophene rings is 1. The number of rotatable bonds is 6. The molecule has 3 aromatic rings. The zero-order valence-corrected chi connectivity index (χ0v) is 12.8. The number of pyridine rings is 1. The highest BCUT2D eigenvalue weighted by atomic mass is 32.1. The van der Waals surface area contributed by atoms with Gasteiger partial charge in [0.15, 0.2) is 0 Å². The maximum Gasteiger partial charge on any atom is 0.251 e. The van der Waals surface area contributed by atoms with Gasteiger partial charge in [-0.1, -0.05) is 0 Å². The Labute approximate surface area is 132 Å². The van der Waals surface area contributed by atoms with Crippen LogP contribution in [0.4, 0.5) is 0 Å². The number of benzene rings is 1. The molecule has 1 N–H and O–H groups in total. The van der Waals surface area contributed by atoms with E-state index in [1.54, 1.807) is 23.7 Å². The summed E-state index contributed by atoms with van der Waals surface area (Å²) < 4.78 is 6.72. The first-order chi connectivity index (χ1) is 10.8. The molecule has 22 heavy (non-hydrogen) atoms. The van der Waals surface area contributed by atoms with Crippen molar-refractivity contribution in [1.29, 1.82) is 0 Å². The van der Waals surface area contributed by atoms with Gasteiger partial charge in [-0.3, -0.25) is 9.78 Å². The summed E-state index contributed by atoms with van der Waals surface area (Å²) in [6.07, 6.45) is 4.13. The highest BCUT2D eigenvalue weighted by Gasteiger charge is 2.06. The Morgan fingerprint density at radius 3 is 3.09 bits per heavy atom. The smallest absolute Gasteiger partial charge is 0.251 e. The number of hydrogen-bond donors (Lipinski definition) is 1. The Morgan fingerprint density at radius 1 is 1.27 bits per heavy atom. The summed E-state index contributed by atoms with van der Waals surface area (Å²) in [6, 6.07) is 11.5. The molecule has 1 amide bonds. The van der Waals surface area contributed by atoms with Crippen molar-refractivity contribution in [3.8, 4) is 5.75 Å².